The zero-order chi connectivity index (χ0) is 30.9. The highest BCUT2D eigenvalue weighted by molar-refractivity contribution is 5.91. The number of hydrogen-bond acceptors (Lipinski definition) is 5. The lowest BCUT2D eigenvalue weighted by Gasteiger charge is -2.34. The molecule has 1 fully saturated rings. The van der Waals surface area contributed by atoms with Crippen molar-refractivity contribution in [3.8, 4) is 0 Å². The third-order valence-electron chi connectivity index (χ3n) is 7.86. The quantitative estimate of drug-likeness (QED) is 0.148. The molecule has 4 atom stereocenters. The molecule has 1 saturated heterocycles. The van der Waals surface area contributed by atoms with Crippen LogP contribution in [0.15, 0.2) is 66.7 Å². The predicted octanol–water partition coefficient (Wildman–Crippen LogP) is 1.82. The number of nitrogens with zero attached hydrogens (tertiary/aromatic N) is 1. The summed E-state index contributed by atoms with van der Waals surface area (Å²) in [5.41, 5.74) is 7.27. The Balaban J connectivity index is 1.56. The number of carbonyl (C=O) groups excluding carboxylic acids is 3. The molecule has 0 aromatic heterocycles. The molecule has 1 unspecified atom stereocenters. The molecule has 0 aliphatic carbocycles. The first kappa shape index (κ1) is 31.4. The minimum Gasteiger partial charge on any atom is -0.370 e. The number of carbonyl (C=O) groups is 3. The number of nitrogens with two attached hydrogens (primary N) is 1. The van der Waals surface area contributed by atoms with E-state index >= 15 is 0 Å². The molecule has 3 aromatic rings. The Bertz CT molecular complexity index is 1450. The van der Waals surface area contributed by atoms with Crippen LogP contribution in [0.1, 0.15) is 30.9 Å². The Morgan fingerprint density at radius 1 is 1.09 bits per heavy atom. The van der Waals surface area contributed by atoms with Crippen molar-refractivity contribution in [1.29, 1.82) is 5.41 Å². The zero-order valence-corrected chi connectivity index (χ0v) is 24.5. The summed E-state index contributed by atoms with van der Waals surface area (Å²) >= 11 is 0. The van der Waals surface area contributed by atoms with Crippen molar-refractivity contribution in [1.82, 2.24) is 26.2 Å². The van der Waals surface area contributed by atoms with Crippen molar-refractivity contribution in [2.75, 3.05) is 20.1 Å². The summed E-state index contributed by atoms with van der Waals surface area (Å²) in [6.45, 7) is 2.40. The number of benzene rings is 3. The van der Waals surface area contributed by atoms with E-state index in [2.05, 4.69) is 21.3 Å². The number of guanidine groups is 1. The molecular weight excluding hydrogens is 549 g/mol. The fourth-order valence-electron chi connectivity index (χ4n) is 5.56. The van der Waals surface area contributed by atoms with Gasteiger partial charge in [-0.2, -0.15) is 0 Å². The van der Waals surface area contributed by atoms with Crippen molar-refractivity contribution < 1.29 is 18.8 Å². The molecular formula is C32H40FN7O3. The van der Waals surface area contributed by atoms with Gasteiger partial charge in [0.2, 0.25) is 17.7 Å². The van der Waals surface area contributed by atoms with E-state index in [9.17, 15) is 18.8 Å². The number of amides is 3. The Morgan fingerprint density at radius 3 is 2.47 bits per heavy atom. The summed E-state index contributed by atoms with van der Waals surface area (Å²) in [4.78, 5) is 41.7. The van der Waals surface area contributed by atoms with E-state index in [4.69, 9.17) is 11.1 Å². The molecule has 1 heterocycles. The molecule has 0 spiro atoms. The number of rotatable bonds is 11. The average Bonchev–Trinajstić information content (AvgIpc) is 3.16. The largest absolute Gasteiger partial charge is 0.370 e. The third kappa shape index (κ3) is 8.29. The van der Waals surface area contributed by atoms with Gasteiger partial charge in [0, 0.05) is 32.6 Å². The predicted molar refractivity (Wildman–Crippen MR) is 165 cm³/mol. The first-order valence-corrected chi connectivity index (χ1v) is 14.6. The molecule has 228 valence electrons. The van der Waals surface area contributed by atoms with Crippen LogP contribution in [0.3, 0.4) is 0 Å². The van der Waals surface area contributed by atoms with Crippen LogP contribution in [0.4, 0.5) is 4.39 Å². The second-order valence-electron chi connectivity index (χ2n) is 10.9. The molecule has 4 rings (SSSR count). The molecule has 0 bridgehead atoms. The van der Waals surface area contributed by atoms with E-state index in [0.717, 1.165) is 16.3 Å². The maximum Gasteiger partial charge on any atom is 0.242 e. The third-order valence-corrected chi connectivity index (χ3v) is 7.86. The molecule has 3 aromatic carbocycles. The topological polar surface area (TPSA) is 152 Å². The van der Waals surface area contributed by atoms with Gasteiger partial charge in [-0.15, -0.1) is 0 Å². The van der Waals surface area contributed by atoms with Crippen LogP contribution in [-0.2, 0) is 27.2 Å². The average molecular weight is 590 g/mol. The molecule has 1 aliphatic heterocycles. The maximum absolute atomic E-state index is 14.2. The molecule has 1 aliphatic rings. The molecule has 10 nitrogen and oxygen atoms in total. The minimum absolute atomic E-state index is 0.0927. The van der Waals surface area contributed by atoms with Crippen molar-refractivity contribution in [2.45, 2.75) is 56.8 Å². The zero-order valence-electron chi connectivity index (χ0n) is 24.5. The Hall–Kier alpha value is -4.51. The van der Waals surface area contributed by atoms with Crippen LogP contribution in [0.25, 0.3) is 10.8 Å². The molecule has 7 N–H and O–H groups in total. The van der Waals surface area contributed by atoms with Gasteiger partial charge < -0.3 is 26.6 Å². The monoisotopic (exact) mass is 589 g/mol. The van der Waals surface area contributed by atoms with E-state index in [1.807, 2.05) is 49.4 Å². The summed E-state index contributed by atoms with van der Waals surface area (Å²) < 4.78 is 13.2. The van der Waals surface area contributed by atoms with E-state index in [1.165, 1.54) is 12.1 Å². The van der Waals surface area contributed by atoms with Crippen LogP contribution in [-0.4, -0.2) is 72.9 Å². The van der Waals surface area contributed by atoms with Crippen molar-refractivity contribution >= 4 is 34.5 Å². The number of likely N-dealkylation sites (N-methyl/N-ethyl adjacent to an activating group) is 1. The van der Waals surface area contributed by atoms with Gasteiger partial charge in [-0.05, 0) is 46.9 Å². The molecule has 43 heavy (non-hydrogen) atoms. The molecule has 3 amide bonds. The summed E-state index contributed by atoms with van der Waals surface area (Å²) in [7, 11) is 1.55. The van der Waals surface area contributed by atoms with E-state index in [-0.39, 0.29) is 55.1 Å². The summed E-state index contributed by atoms with van der Waals surface area (Å²) in [5.74, 6) is -1.42. The van der Waals surface area contributed by atoms with E-state index in [0.29, 0.717) is 24.8 Å². The fraction of sp³-hybridized carbons (Fsp3) is 0.375. The van der Waals surface area contributed by atoms with Gasteiger partial charge in [-0.1, -0.05) is 61.5 Å². The second kappa shape index (κ2) is 14.6. The van der Waals surface area contributed by atoms with Crippen LogP contribution >= 0.6 is 0 Å². The molecule has 11 heteroatoms. The lowest BCUT2D eigenvalue weighted by atomic mass is 9.98. The Morgan fingerprint density at radius 2 is 1.79 bits per heavy atom. The van der Waals surface area contributed by atoms with Crippen molar-refractivity contribution in [3.63, 3.8) is 0 Å². The highest BCUT2D eigenvalue weighted by atomic mass is 19.1. The van der Waals surface area contributed by atoms with Gasteiger partial charge in [0.25, 0.3) is 0 Å². The fourth-order valence-corrected chi connectivity index (χ4v) is 5.56. The number of halogens is 1. The van der Waals surface area contributed by atoms with Crippen molar-refractivity contribution in [3.05, 3.63) is 83.7 Å². The number of nitrogens with one attached hydrogen (secondary N) is 5. The highest BCUT2D eigenvalue weighted by Crippen LogP contribution is 2.21. The number of fused-ring (bicyclic) bond motifs is 1. The first-order valence-electron chi connectivity index (χ1n) is 14.6. The Labute approximate surface area is 251 Å². The highest BCUT2D eigenvalue weighted by Gasteiger charge is 2.40. The SMILES string of the molecule is CCC(NC(=N)N)[C@H]1N[C@H](CNC(=O)Cc2ccc(F)cc2)CCN([C@@H](Cc2ccc3ccccc3c2)C(=O)NC)C1=O. The standard InChI is InChI=1S/C32H40FN7O3/c1-3-26(39-32(34)35)29-31(43)40(15-14-25(38-29)19-37-28(41)18-20-9-12-24(33)13-10-20)27(30(42)36-2)17-21-8-11-22-6-4-5-7-23(22)16-21/h4-13,16,25-27,29,38H,3,14-15,17-19H2,1-2H3,(H,36,42)(H,37,41)(H4,34,35,39)/t25-,26?,27-,29+/m0/s1. The van der Waals surface area contributed by atoms with Crippen LogP contribution < -0.4 is 27.0 Å². The van der Waals surface area contributed by atoms with Crippen LogP contribution in [0.2, 0.25) is 0 Å². The maximum atomic E-state index is 14.2. The lowest BCUT2D eigenvalue weighted by Crippen LogP contribution is -2.61. The van der Waals surface area contributed by atoms with E-state index in [1.54, 1.807) is 24.1 Å². The normalized spacial score (nSPS) is 18.4. The van der Waals surface area contributed by atoms with Gasteiger partial charge >= 0.3 is 0 Å². The van der Waals surface area contributed by atoms with Crippen LogP contribution in [0, 0.1) is 11.2 Å². The van der Waals surface area contributed by atoms with Gasteiger partial charge in [0.1, 0.15) is 17.9 Å². The first-order chi connectivity index (χ1) is 20.7. The smallest absolute Gasteiger partial charge is 0.242 e. The lowest BCUT2D eigenvalue weighted by molar-refractivity contribution is -0.141. The van der Waals surface area contributed by atoms with Gasteiger partial charge in [0.15, 0.2) is 5.96 Å². The van der Waals surface area contributed by atoms with Crippen molar-refractivity contribution in [2.24, 2.45) is 5.73 Å². The molecule has 0 radical (unpaired) electrons. The summed E-state index contributed by atoms with van der Waals surface area (Å²) in [6, 6.07) is 17.4. The second-order valence-corrected chi connectivity index (χ2v) is 10.9. The summed E-state index contributed by atoms with van der Waals surface area (Å²) in [6.07, 6.45) is 1.37. The molecule has 0 saturated carbocycles. The minimum atomic E-state index is -0.806. The van der Waals surface area contributed by atoms with Gasteiger partial charge in [-0.3, -0.25) is 25.1 Å². The number of hydrogen-bond donors (Lipinski definition) is 6. The Kier molecular flexibility index (Phi) is 10.7. The van der Waals surface area contributed by atoms with Crippen LogP contribution in [0.5, 0.6) is 0 Å². The van der Waals surface area contributed by atoms with Gasteiger partial charge in [0.05, 0.1) is 12.5 Å². The van der Waals surface area contributed by atoms with Gasteiger partial charge in [-0.25, -0.2) is 4.39 Å². The van der Waals surface area contributed by atoms with E-state index < -0.39 is 18.1 Å². The summed E-state index contributed by atoms with van der Waals surface area (Å²) in [5, 5.41) is 21.8.